The summed E-state index contributed by atoms with van der Waals surface area (Å²) in [6.07, 6.45) is 0.704. The number of rotatable bonds is 5. The van der Waals surface area contributed by atoms with Crippen LogP contribution in [0.2, 0.25) is 0 Å². The zero-order chi connectivity index (χ0) is 24.4. The number of oxazole rings is 1. The first kappa shape index (κ1) is 23.8. The number of cyclic esters (lactones) is 2. The number of carbonyl (C=O) groups excluding carboxylic acids is 3. The van der Waals surface area contributed by atoms with Crippen molar-refractivity contribution in [3.05, 3.63) is 47.5 Å². The molecule has 1 aliphatic heterocycles. The number of hydrogen-bond donors (Lipinski definition) is 2. The van der Waals surface area contributed by atoms with Crippen LogP contribution in [-0.4, -0.2) is 34.4 Å². The molecule has 0 spiro atoms. The van der Waals surface area contributed by atoms with E-state index in [2.05, 4.69) is 15.6 Å². The van der Waals surface area contributed by atoms with E-state index in [-0.39, 0.29) is 12.1 Å². The van der Waals surface area contributed by atoms with E-state index in [1.165, 1.54) is 20.0 Å². The zero-order valence-corrected chi connectivity index (χ0v) is 19.4. The lowest BCUT2D eigenvalue weighted by atomic mass is 10.2. The summed E-state index contributed by atoms with van der Waals surface area (Å²) in [5, 5.41) is 5.53. The van der Waals surface area contributed by atoms with E-state index in [1.54, 1.807) is 52.0 Å². The van der Waals surface area contributed by atoms with Crippen LogP contribution in [0, 0.1) is 6.92 Å². The first-order chi connectivity index (χ1) is 15.3. The lowest BCUT2D eigenvalue weighted by Gasteiger charge is -2.29. The van der Waals surface area contributed by atoms with Gasteiger partial charge in [-0.2, -0.15) is 0 Å². The van der Waals surface area contributed by atoms with E-state index < -0.39 is 29.4 Å². The lowest BCUT2D eigenvalue weighted by Crippen LogP contribution is -2.42. The fraction of sp³-hybridized carbons (Fsp3) is 0.391. The molecule has 0 bridgehead atoms. The maximum Gasteiger partial charge on any atom is 0.407 e. The number of alkyl carbamates (subject to hydrolysis) is 1. The molecule has 0 aliphatic carbocycles. The highest BCUT2D eigenvalue weighted by Crippen LogP contribution is 2.25. The van der Waals surface area contributed by atoms with Crippen LogP contribution in [0.3, 0.4) is 0 Å². The molecule has 1 aliphatic rings. The van der Waals surface area contributed by atoms with Gasteiger partial charge in [-0.3, -0.25) is 0 Å². The number of nitrogens with zero attached hydrogens (tertiary/aromatic N) is 1. The molecule has 10 heteroatoms. The predicted octanol–water partition coefficient (Wildman–Crippen LogP) is 3.81. The van der Waals surface area contributed by atoms with E-state index in [9.17, 15) is 14.4 Å². The van der Waals surface area contributed by atoms with Crippen LogP contribution in [0.1, 0.15) is 46.1 Å². The van der Waals surface area contributed by atoms with Crippen molar-refractivity contribution < 1.29 is 33.0 Å². The van der Waals surface area contributed by atoms with E-state index in [0.29, 0.717) is 28.6 Å². The maximum absolute atomic E-state index is 12.0. The highest BCUT2D eigenvalue weighted by molar-refractivity contribution is 6.15. The molecule has 176 valence electrons. The van der Waals surface area contributed by atoms with Crippen LogP contribution in [0.5, 0.6) is 0 Å². The van der Waals surface area contributed by atoms with E-state index >= 15 is 0 Å². The number of aryl methyl sites for hydroxylation is 1. The second-order valence-electron chi connectivity index (χ2n) is 8.84. The second-order valence-corrected chi connectivity index (χ2v) is 8.84. The number of esters is 2. The fourth-order valence-corrected chi connectivity index (χ4v) is 2.83. The minimum absolute atomic E-state index is 0.167. The third-order valence-electron chi connectivity index (χ3n) is 4.32. The van der Waals surface area contributed by atoms with Gasteiger partial charge in [0.1, 0.15) is 17.1 Å². The van der Waals surface area contributed by atoms with Crippen LogP contribution in [0.4, 0.5) is 10.5 Å². The number of hydrogen-bond acceptors (Lipinski definition) is 9. The predicted molar refractivity (Wildman–Crippen MR) is 118 cm³/mol. The van der Waals surface area contributed by atoms with Crippen molar-refractivity contribution in [2.24, 2.45) is 0 Å². The summed E-state index contributed by atoms with van der Waals surface area (Å²) >= 11 is 0. The number of anilines is 1. The number of amides is 1. The largest absolute Gasteiger partial charge is 0.444 e. The Bertz CT molecular complexity index is 1070. The van der Waals surface area contributed by atoms with Gasteiger partial charge in [-0.05, 0) is 52.0 Å². The molecule has 10 nitrogen and oxygen atoms in total. The van der Waals surface area contributed by atoms with Crippen molar-refractivity contribution in [3.63, 3.8) is 0 Å². The standard InChI is InChI=1S/C23H27N3O7/c1-13-17(12-25-21(29)33-22(2,3)4)26-18(30-13)14-7-9-15(10-8-14)24-11-16-19(27)31-23(5,6)32-20(16)28/h7-11,24H,12H2,1-6H3,(H,25,29). The number of aromatic nitrogens is 1. The number of ether oxygens (including phenoxy) is 3. The summed E-state index contributed by atoms with van der Waals surface area (Å²) in [5.74, 6) is -1.85. The molecule has 0 radical (unpaired) electrons. The van der Waals surface area contributed by atoms with Gasteiger partial charge < -0.3 is 29.3 Å². The third kappa shape index (κ3) is 6.34. The number of benzene rings is 1. The van der Waals surface area contributed by atoms with Gasteiger partial charge >= 0.3 is 18.0 Å². The SMILES string of the molecule is Cc1oc(-c2ccc(NC=C3C(=O)OC(C)(C)OC3=O)cc2)nc1CNC(=O)OC(C)(C)C. The molecule has 2 heterocycles. The van der Waals surface area contributed by atoms with Crippen LogP contribution in [0.15, 0.2) is 40.5 Å². The first-order valence-corrected chi connectivity index (χ1v) is 10.3. The van der Waals surface area contributed by atoms with Crippen molar-refractivity contribution in [3.8, 4) is 11.5 Å². The molecule has 0 unspecified atom stereocenters. The average Bonchev–Trinajstić information content (AvgIpc) is 3.04. The molecular formula is C23H27N3O7. The Morgan fingerprint density at radius 1 is 1.12 bits per heavy atom. The van der Waals surface area contributed by atoms with Gasteiger partial charge in [-0.15, -0.1) is 0 Å². The van der Waals surface area contributed by atoms with Crippen LogP contribution >= 0.6 is 0 Å². The summed E-state index contributed by atoms with van der Waals surface area (Å²) in [7, 11) is 0. The molecule has 2 aromatic rings. The smallest absolute Gasteiger partial charge is 0.407 e. The lowest BCUT2D eigenvalue weighted by molar-refractivity contribution is -0.222. The van der Waals surface area contributed by atoms with Crippen LogP contribution < -0.4 is 10.6 Å². The third-order valence-corrected chi connectivity index (χ3v) is 4.32. The quantitative estimate of drug-likeness (QED) is 0.391. The van der Waals surface area contributed by atoms with E-state index in [1.807, 2.05) is 0 Å². The number of nitrogens with one attached hydrogen (secondary N) is 2. The summed E-state index contributed by atoms with van der Waals surface area (Å²) < 4.78 is 21.0. The molecule has 1 fully saturated rings. The van der Waals surface area contributed by atoms with Gasteiger partial charge in [0.15, 0.2) is 5.57 Å². The Morgan fingerprint density at radius 3 is 2.30 bits per heavy atom. The van der Waals surface area contributed by atoms with Crippen LogP contribution in [0.25, 0.3) is 11.5 Å². The highest BCUT2D eigenvalue weighted by atomic mass is 16.7. The van der Waals surface area contributed by atoms with Gasteiger partial charge in [0.25, 0.3) is 5.79 Å². The normalized spacial score (nSPS) is 15.4. The minimum Gasteiger partial charge on any atom is -0.444 e. The Balaban J connectivity index is 1.64. The molecule has 0 saturated carbocycles. The fourth-order valence-electron chi connectivity index (χ4n) is 2.83. The summed E-state index contributed by atoms with van der Waals surface area (Å²) in [4.78, 5) is 40.3. The molecule has 1 aromatic carbocycles. The van der Waals surface area contributed by atoms with Crippen molar-refractivity contribution in [1.29, 1.82) is 0 Å². The summed E-state index contributed by atoms with van der Waals surface area (Å²) in [6, 6.07) is 6.98. The molecule has 1 saturated heterocycles. The summed E-state index contributed by atoms with van der Waals surface area (Å²) in [5.41, 5.74) is 1.09. The first-order valence-electron chi connectivity index (χ1n) is 10.3. The Labute approximate surface area is 191 Å². The summed E-state index contributed by atoms with van der Waals surface area (Å²) in [6.45, 7) is 10.2. The van der Waals surface area contributed by atoms with Gasteiger partial charge in [0.2, 0.25) is 5.89 Å². The van der Waals surface area contributed by atoms with Gasteiger partial charge in [-0.25, -0.2) is 19.4 Å². The second kappa shape index (κ2) is 8.97. The van der Waals surface area contributed by atoms with Gasteiger partial charge in [0.05, 0.1) is 6.54 Å². The molecule has 0 atom stereocenters. The maximum atomic E-state index is 12.0. The highest BCUT2D eigenvalue weighted by Gasteiger charge is 2.38. The molecule has 2 N–H and O–H groups in total. The van der Waals surface area contributed by atoms with E-state index in [4.69, 9.17) is 18.6 Å². The monoisotopic (exact) mass is 457 g/mol. The Kier molecular flexibility index (Phi) is 6.48. The minimum atomic E-state index is -1.29. The molecule has 3 rings (SSSR count). The average molecular weight is 457 g/mol. The molecular weight excluding hydrogens is 430 g/mol. The number of carbonyl (C=O) groups is 3. The van der Waals surface area contributed by atoms with E-state index in [0.717, 1.165) is 0 Å². The van der Waals surface area contributed by atoms with Crippen molar-refractivity contribution in [1.82, 2.24) is 10.3 Å². The van der Waals surface area contributed by atoms with Gasteiger partial charge in [0, 0.05) is 31.3 Å². The van der Waals surface area contributed by atoms with Crippen LogP contribution in [-0.2, 0) is 30.3 Å². The zero-order valence-electron chi connectivity index (χ0n) is 19.4. The molecule has 33 heavy (non-hydrogen) atoms. The Morgan fingerprint density at radius 2 is 1.73 bits per heavy atom. The topological polar surface area (TPSA) is 129 Å². The van der Waals surface area contributed by atoms with Crippen molar-refractivity contribution in [2.45, 2.75) is 59.5 Å². The molecule has 1 amide bonds. The molecule has 1 aromatic heterocycles. The Hall–Kier alpha value is -3.82. The van der Waals surface area contributed by atoms with Crippen molar-refractivity contribution in [2.75, 3.05) is 5.32 Å². The van der Waals surface area contributed by atoms with Gasteiger partial charge in [-0.1, -0.05) is 0 Å². The van der Waals surface area contributed by atoms with Crippen molar-refractivity contribution >= 4 is 23.7 Å².